The van der Waals surface area contributed by atoms with E-state index in [4.69, 9.17) is 19.3 Å². The number of rotatable bonds is 5. The molecule has 1 N–H and O–H groups in total. The molecule has 76 valence electrons. The van der Waals surface area contributed by atoms with Gasteiger partial charge in [-0.25, -0.2) is 0 Å². The molecule has 1 aliphatic rings. The lowest BCUT2D eigenvalue weighted by atomic mass is 10.3. The molecule has 1 aromatic rings. The van der Waals surface area contributed by atoms with Crippen LogP contribution in [0.2, 0.25) is 0 Å². The van der Waals surface area contributed by atoms with Gasteiger partial charge in [0.1, 0.15) is 17.6 Å². The molecule has 1 heterocycles. The molecule has 0 aliphatic carbocycles. The first-order chi connectivity index (χ1) is 6.84. The van der Waals surface area contributed by atoms with Gasteiger partial charge in [-0.15, -0.1) is 0 Å². The molecular weight excluding hydrogens is 184 g/mol. The van der Waals surface area contributed by atoms with Crippen LogP contribution in [0.5, 0.6) is 11.5 Å². The third-order valence-electron chi connectivity index (χ3n) is 1.85. The maximum atomic E-state index is 9.01. The van der Waals surface area contributed by atoms with Gasteiger partial charge < -0.3 is 19.3 Å². The van der Waals surface area contributed by atoms with Gasteiger partial charge in [-0.2, -0.15) is 0 Å². The molecule has 2 rings (SSSR count). The third kappa shape index (κ3) is 2.90. The second-order valence-corrected chi connectivity index (χ2v) is 3.08. The summed E-state index contributed by atoms with van der Waals surface area (Å²) in [5.41, 5.74) is 0. The molecule has 0 amide bonds. The van der Waals surface area contributed by atoms with Crippen molar-refractivity contribution in [3.63, 3.8) is 0 Å². The van der Waals surface area contributed by atoms with E-state index in [1.54, 1.807) is 24.3 Å². The van der Waals surface area contributed by atoms with Crippen LogP contribution in [0.4, 0.5) is 0 Å². The highest BCUT2D eigenvalue weighted by Gasteiger charge is 2.22. The minimum atomic E-state index is 0.213. The Kier molecular flexibility index (Phi) is 2.86. The van der Waals surface area contributed by atoms with Gasteiger partial charge in [-0.05, 0) is 24.3 Å². The average molecular weight is 196 g/mol. The molecule has 14 heavy (non-hydrogen) atoms. The molecule has 0 spiro atoms. The van der Waals surface area contributed by atoms with Crippen molar-refractivity contribution >= 4 is 0 Å². The molecule has 1 saturated heterocycles. The first-order valence-corrected chi connectivity index (χ1v) is 4.46. The summed E-state index contributed by atoms with van der Waals surface area (Å²) >= 11 is 0. The first kappa shape index (κ1) is 9.30. The standard InChI is InChI=1S/C10H12O4/c11-8-1-3-9(4-2-8)14-7-12-5-10-6-13-10/h1-4,10-11H,5-7H2. The lowest BCUT2D eigenvalue weighted by Crippen LogP contribution is -2.07. The quantitative estimate of drug-likeness (QED) is 0.436. The summed E-state index contributed by atoms with van der Waals surface area (Å²) in [4.78, 5) is 0. The van der Waals surface area contributed by atoms with Crippen LogP contribution in [-0.4, -0.2) is 31.2 Å². The van der Waals surface area contributed by atoms with E-state index in [1.807, 2.05) is 0 Å². The predicted molar refractivity (Wildman–Crippen MR) is 49.3 cm³/mol. The number of epoxide rings is 1. The summed E-state index contributed by atoms with van der Waals surface area (Å²) in [6.45, 7) is 1.59. The van der Waals surface area contributed by atoms with Crippen molar-refractivity contribution in [2.75, 3.05) is 20.0 Å². The number of hydrogen-bond acceptors (Lipinski definition) is 4. The topological polar surface area (TPSA) is 51.2 Å². The highest BCUT2D eigenvalue weighted by atomic mass is 16.7. The largest absolute Gasteiger partial charge is 0.508 e. The monoisotopic (exact) mass is 196 g/mol. The van der Waals surface area contributed by atoms with Crippen molar-refractivity contribution in [2.24, 2.45) is 0 Å². The molecule has 1 aliphatic heterocycles. The van der Waals surface area contributed by atoms with Gasteiger partial charge in [0.05, 0.1) is 13.2 Å². The van der Waals surface area contributed by atoms with Gasteiger partial charge in [0.2, 0.25) is 0 Å². The maximum Gasteiger partial charge on any atom is 0.189 e. The highest BCUT2D eigenvalue weighted by Crippen LogP contribution is 2.16. The number of phenols is 1. The van der Waals surface area contributed by atoms with Crippen molar-refractivity contribution in [1.29, 1.82) is 0 Å². The number of aromatic hydroxyl groups is 1. The molecule has 0 bridgehead atoms. The predicted octanol–water partition coefficient (Wildman–Crippen LogP) is 1.14. The molecular formula is C10H12O4. The zero-order chi connectivity index (χ0) is 9.80. The molecule has 0 saturated carbocycles. The molecule has 1 unspecified atom stereocenters. The van der Waals surface area contributed by atoms with E-state index in [9.17, 15) is 0 Å². The Balaban J connectivity index is 1.66. The van der Waals surface area contributed by atoms with Crippen LogP contribution in [0.25, 0.3) is 0 Å². The van der Waals surface area contributed by atoms with E-state index in [0.29, 0.717) is 12.4 Å². The van der Waals surface area contributed by atoms with Crippen LogP contribution >= 0.6 is 0 Å². The Hall–Kier alpha value is -1.26. The lowest BCUT2D eigenvalue weighted by Gasteiger charge is -2.05. The van der Waals surface area contributed by atoms with E-state index >= 15 is 0 Å². The van der Waals surface area contributed by atoms with Gasteiger partial charge in [0.15, 0.2) is 6.79 Å². The van der Waals surface area contributed by atoms with Crippen LogP contribution < -0.4 is 4.74 Å². The molecule has 4 nitrogen and oxygen atoms in total. The van der Waals surface area contributed by atoms with Crippen molar-refractivity contribution < 1.29 is 19.3 Å². The van der Waals surface area contributed by atoms with Gasteiger partial charge >= 0.3 is 0 Å². The Morgan fingerprint density at radius 3 is 2.71 bits per heavy atom. The molecule has 1 fully saturated rings. The fourth-order valence-electron chi connectivity index (χ4n) is 0.996. The maximum absolute atomic E-state index is 9.01. The van der Waals surface area contributed by atoms with Crippen molar-refractivity contribution in [3.05, 3.63) is 24.3 Å². The van der Waals surface area contributed by atoms with E-state index in [1.165, 1.54) is 0 Å². The summed E-state index contributed by atoms with van der Waals surface area (Å²) in [7, 11) is 0. The van der Waals surface area contributed by atoms with Gasteiger partial charge in [-0.1, -0.05) is 0 Å². The number of phenolic OH excluding ortho intramolecular Hbond substituents is 1. The Bertz CT molecular complexity index is 279. The molecule has 0 aromatic heterocycles. The number of hydrogen-bond donors (Lipinski definition) is 1. The van der Waals surface area contributed by atoms with Crippen LogP contribution in [0.15, 0.2) is 24.3 Å². The van der Waals surface area contributed by atoms with Crippen LogP contribution in [-0.2, 0) is 9.47 Å². The third-order valence-corrected chi connectivity index (χ3v) is 1.85. The average Bonchev–Trinajstić information content (AvgIpc) is 2.99. The molecule has 0 radical (unpaired) electrons. The molecule has 1 atom stereocenters. The van der Waals surface area contributed by atoms with Crippen molar-refractivity contribution in [2.45, 2.75) is 6.10 Å². The van der Waals surface area contributed by atoms with Crippen molar-refractivity contribution in [1.82, 2.24) is 0 Å². The van der Waals surface area contributed by atoms with Gasteiger partial charge in [0.25, 0.3) is 0 Å². The van der Waals surface area contributed by atoms with Crippen LogP contribution in [0.3, 0.4) is 0 Å². The number of benzene rings is 1. The Morgan fingerprint density at radius 2 is 2.07 bits per heavy atom. The van der Waals surface area contributed by atoms with E-state index < -0.39 is 0 Å². The zero-order valence-corrected chi connectivity index (χ0v) is 7.68. The minimum absolute atomic E-state index is 0.213. The normalized spacial score (nSPS) is 19.3. The van der Waals surface area contributed by atoms with Crippen molar-refractivity contribution in [3.8, 4) is 11.5 Å². The van der Waals surface area contributed by atoms with Crippen LogP contribution in [0.1, 0.15) is 0 Å². The van der Waals surface area contributed by atoms with Gasteiger partial charge in [-0.3, -0.25) is 0 Å². The van der Waals surface area contributed by atoms with E-state index in [-0.39, 0.29) is 18.6 Å². The SMILES string of the molecule is Oc1ccc(OCOCC2CO2)cc1. The minimum Gasteiger partial charge on any atom is -0.508 e. The summed E-state index contributed by atoms with van der Waals surface area (Å²) in [5, 5.41) is 9.01. The Labute approximate surface area is 82.0 Å². The highest BCUT2D eigenvalue weighted by molar-refractivity contribution is 5.29. The fourth-order valence-corrected chi connectivity index (χ4v) is 0.996. The summed E-state index contributed by atoms with van der Waals surface area (Å²) < 4.78 is 15.4. The van der Waals surface area contributed by atoms with Crippen LogP contribution in [0, 0.1) is 0 Å². The fraction of sp³-hybridized carbons (Fsp3) is 0.400. The molecule has 4 heteroatoms. The van der Waals surface area contributed by atoms with E-state index in [2.05, 4.69) is 0 Å². The number of ether oxygens (including phenoxy) is 3. The smallest absolute Gasteiger partial charge is 0.189 e. The van der Waals surface area contributed by atoms with E-state index in [0.717, 1.165) is 6.61 Å². The summed E-state index contributed by atoms with van der Waals surface area (Å²) in [6.07, 6.45) is 0.262. The summed E-state index contributed by atoms with van der Waals surface area (Å²) in [5.74, 6) is 0.907. The zero-order valence-electron chi connectivity index (χ0n) is 7.68. The first-order valence-electron chi connectivity index (χ1n) is 4.46. The Morgan fingerprint density at radius 1 is 1.36 bits per heavy atom. The lowest BCUT2D eigenvalue weighted by molar-refractivity contribution is 0.00819. The second kappa shape index (κ2) is 4.30. The molecule has 1 aromatic carbocycles. The summed E-state index contributed by atoms with van der Waals surface area (Å²) in [6, 6.07) is 6.51. The van der Waals surface area contributed by atoms with Gasteiger partial charge in [0, 0.05) is 0 Å². The second-order valence-electron chi connectivity index (χ2n) is 3.08.